The SMILES string of the molecule is Brc1ccc2c(c1)=CC[C@@H]1OCCOc3ccc4cc(Br)ccc4c3C=21. The van der Waals surface area contributed by atoms with Crippen LogP contribution in [-0.4, -0.2) is 19.3 Å². The van der Waals surface area contributed by atoms with Crippen molar-refractivity contribution < 1.29 is 9.47 Å². The van der Waals surface area contributed by atoms with Crippen LogP contribution in [0.15, 0.2) is 57.5 Å². The van der Waals surface area contributed by atoms with Crippen molar-refractivity contribution >= 4 is 54.3 Å². The highest BCUT2D eigenvalue weighted by Gasteiger charge is 2.26. The van der Waals surface area contributed by atoms with Crippen LogP contribution in [0.3, 0.4) is 0 Å². The molecule has 1 aliphatic carbocycles. The fourth-order valence-electron chi connectivity index (χ4n) is 3.94. The first-order chi connectivity index (χ1) is 12.7. The van der Waals surface area contributed by atoms with Gasteiger partial charge in [0, 0.05) is 20.1 Å². The minimum atomic E-state index is 0.0561. The normalized spacial score (nSPS) is 18.7. The van der Waals surface area contributed by atoms with Crippen LogP contribution >= 0.6 is 31.9 Å². The molecule has 0 saturated heterocycles. The van der Waals surface area contributed by atoms with Gasteiger partial charge in [-0.3, -0.25) is 0 Å². The third kappa shape index (κ3) is 2.72. The van der Waals surface area contributed by atoms with Gasteiger partial charge in [0.1, 0.15) is 12.4 Å². The van der Waals surface area contributed by atoms with E-state index in [1.807, 2.05) is 0 Å². The molecule has 1 atom stereocenters. The summed E-state index contributed by atoms with van der Waals surface area (Å²) in [6, 6.07) is 17.1. The van der Waals surface area contributed by atoms with Gasteiger partial charge in [-0.15, -0.1) is 0 Å². The third-order valence-corrected chi connectivity index (χ3v) is 6.04. The summed E-state index contributed by atoms with van der Waals surface area (Å²) in [7, 11) is 0. The molecule has 0 N–H and O–H groups in total. The van der Waals surface area contributed by atoms with E-state index in [1.54, 1.807) is 0 Å². The van der Waals surface area contributed by atoms with Crippen molar-refractivity contribution in [2.75, 3.05) is 13.2 Å². The fraction of sp³-hybridized carbons (Fsp3) is 0.182. The first kappa shape index (κ1) is 16.5. The second-order valence-corrected chi connectivity index (χ2v) is 8.43. The van der Waals surface area contributed by atoms with Crippen LogP contribution in [0.1, 0.15) is 12.0 Å². The van der Waals surface area contributed by atoms with Crippen molar-refractivity contribution in [1.82, 2.24) is 0 Å². The molecule has 0 fully saturated rings. The van der Waals surface area contributed by atoms with Crippen LogP contribution in [0.5, 0.6) is 5.75 Å². The zero-order chi connectivity index (χ0) is 17.7. The molecule has 3 aromatic rings. The largest absolute Gasteiger partial charge is 0.491 e. The molecule has 4 heteroatoms. The number of hydrogen-bond donors (Lipinski definition) is 0. The summed E-state index contributed by atoms with van der Waals surface area (Å²) in [5.41, 5.74) is 2.40. The van der Waals surface area contributed by atoms with E-state index in [2.05, 4.69) is 86.5 Å². The summed E-state index contributed by atoms with van der Waals surface area (Å²) >= 11 is 7.18. The van der Waals surface area contributed by atoms with Gasteiger partial charge in [0.05, 0.1) is 12.7 Å². The second-order valence-electron chi connectivity index (χ2n) is 6.60. The molecule has 0 radical (unpaired) electrons. The Morgan fingerprint density at radius 2 is 1.73 bits per heavy atom. The molecule has 0 spiro atoms. The average molecular weight is 472 g/mol. The van der Waals surface area contributed by atoms with E-state index >= 15 is 0 Å². The maximum absolute atomic E-state index is 6.19. The van der Waals surface area contributed by atoms with Crippen LogP contribution in [0.25, 0.3) is 22.4 Å². The standard InChI is InChI=1S/C22H16Br2O2/c23-15-3-5-17-13(11-15)1-7-19-21(17)22-18-6-4-16(24)12-14(18)2-8-20(22)26-10-9-25-19/h1-7,11-12,20H,8-10H2/t20-/m0/s1. The summed E-state index contributed by atoms with van der Waals surface area (Å²) in [5, 5.41) is 4.87. The topological polar surface area (TPSA) is 18.5 Å². The summed E-state index contributed by atoms with van der Waals surface area (Å²) < 4.78 is 14.4. The Morgan fingerprint density at radius 1 is 0.885 bits per heavy atom. The maximum atomic E-state index is 6.19. The number of benzene rings is 3. The van der Waals surface area contributed by atoms with Crippen LogP contribution < -0.4 is 15.2 Å². The average Bonchev–Trinajstić information content (AvgIpc) is 2.62. The zero-order valence-electron chi connectivity index (χ0n) is 14.0. The van der Waals surface area contributed by atoms with Gasteiger partial charge in [-0.25, -0.2) is 0 Å². The predicted molar refractivity (Wildman–Crippen MR) is 112 cm³/mol. The van der Waals surface area contributed by atoms with Crippen molar-refractivity contribution in [1.29, 1.82) is 0 Å². The van der Waals surface area contributed by atoms with Gasteiger partial charge in [-0.1, -0.05) is 56.1 Å². The van der Waals surface area contributed by atoms with Crippen LogP contribution in [-0.2, 0) is 4.74 Å². The lowest BCUT2D eigenvalue weighted by molar-refractivity contribution is 0.0639. The van der Waals surface area contributed by atoms with Gasteiger partial charge in [-0.2, -0.15) is 0 Å². The molecule has 0 saturated carbocycles. The minimum absolute atomic E-state index is 0.0561. The third-order valence-electron chi connectivity index (χ3n) is 5.05. The predicted octanol–water partition coefficient (Wildman–Crippen LogP) is 4.53. The molecule has 2 nitrogen and oxygen atoms in total. The quantitative estimate of drug-likeness (QED) is 0.479. The summed E-state index contributed by atoms with van der Waals surface area (Å²) in [6.07, 6.45) is 3.21. The molecular weight excluding hydrogens is 456 g/mol. The van der Waals surface area contributed by atoms with Crippen molar-refractivity contribution in [2.24, 2.45) is 0 Å². The monoisotopic (exact) mass is 470 g/mol. The van der Waals surface area contributed by atoms with E-state index in [9.17, 15) is 0 Å². The molecule has 3 aromatic carbocycles. The number of halogens is 2. The van der Waals surface area contributed by atoms with Crippen LogP contribution in [0.4, 0.5) is 0 Å². The molecule has 1 heterocycles. The van der Waals surface area contributed by atoms with Gasteiger partial charge >= 0.3 is 0 Å². The van der Waals surface area contributed by atoms with Gasteiger partial charge in [0.2, 0.25) is 0 Å². The summed E-state index contributed by atoms with van der Waals surface area (Å²) in [5.74, 6) is 0.943. The highest BCUT2D eigenvalue weighted by molar-refractivity contribution is 9.10. The molecule has 0 aromatic heterocycles. The van der Waals surface area contributed by atoms with Gasteiger partial charge in [-0.05, 0) is 58.0 Å². The highest BCUT2D eigenvalue weighted by atomic mass is 79.9. The number of ether oxygens (including phenoxy) is 2. The Balaban J connectivity index is 1.95. The van der Waals surface area contributed by atoms with E-state index in [4.69, 9.17) is 9.47 Å². The van der Waals surface area contributed by atoms with Gasteiger partial charge < -0.3 is 9.47 Å². The minimum Gasteiger partial charge on any atom is -0.491 e. The summed E-state index contributed by atoms with van der Waals surface area (Å²) in [6.45, 7) is 1.18. The number of fused-ring (bicyclic) bond motifs is 6. The molecule has 130 valence electrons. The number of hydrogen-bond acceptors (Lipinski definition) is 2. The van der Waals surface area contributed by atoms with Crippen LogP contribution in [0.2, 0.25) is 0 Å². The Hall–Kier alpha value is -1.62. The van der Waals surface area contributed by atoms with E-state index in [-0.39, 0.29) is 6.10 Å². The fourth-order valence-corrected chi connectivity index (χ4v) is 4.70. The van der Waals surface area contributed by atoms with Gasteiger partial charge in [0.25, 0.3) is 0 Å². The molecular formula is C22H16Br2O2. The second kappa shape index (κ2) is 6.52. The lowest BCUT2D eigenvalue weighted by atomic mass is 9.87. The van der Waals surface area contributed by atoms with Crippen molar-refractivity contribution in [2.45, 2.75) is 12.5 Å². The molecule has 0 unspecified atom stereocenters. The molecule has 2 aliphatic rings. The van der Waals surface area contributed by atoms with Crippen LogP contribution in [0, 0.1) is 0 Å². The smallest absolute Gasteiger partial charge is 0.127 e. The molecule has 5 rings (SSSR count). The molecule has 0 amide bonds. The Morgan fingerprint density at radius 3 is 2.65 bits per heavy atom. The maximum Gasteiger partial charge on any atom is 0.127 e. The van der Waals surface area contributed by atoms with Crippen molar-refractivity contribution in [3.8, 4) is 5.75 Å². The Kier molecular flexibility index (Phi) is 4.15. The first-order valence-corrected chi connectivity index (χ1v) is 10.3. The van der Waals surface area contributed by atoms with E-state index in [1.165, 1.54) is 26.8 Å². The van der Waals surface area contributed by atoms with E-state index in [0.29, 0.717) is 13.2 Å². The van der Waals surface area contributed by atoms with E-state index in [0.717, 1.165) is 26.7 Å². The lowest BCUT2D eigenvalue weighted by Crippen LogP contribution is -2.37. The molecule has 26 heavy (non-hydrogen) atoms. The Labute approximate surface area is 168 Å². The van der Waals surface area contributed by atoms with Gasteiger partial charge in [0.15, 0.2) is 0 Å². The zero-order valence-corrected chi connectivity index (χ0v) is 17.1. The lowest BCUT2D eigenvalue weighted by Gasteiger charge is -2.28. The molecule has 1 aliphatic heterocycles. The number of rotatable bonds is 0. The first-order valence-electron chi connectivity index (χ1n) is 8.68. The van der Waals surface area contributed by atoms with Crippen molar-refractivity contribution in [3.05, 3.63) is 73.5 Å². The summed E-state index contributed by atoms with van der Waals surface area (Å²) in [4.78, 5) is 0. The molecule has 0 bridgehead atoms. The van der Waals surface area contributed by atoms with E-state index < -0.39 is 0 Å². The highest BCUT2D eigenvalue weighted by Crippen LogP contribution is 2.38. The Bertz CT molecular complexity index is 1150. The van der Waals surface area contributed by atoms with Crippen molar-refractivity contribution in [3.63, 3.8) is 0 Å².